The van der Waals surface area contributed by atoms with E-state index in [-0.39, 0.29) is 5.82 Å². The molecule has 1 aliphatic carbocycles. The lowest BCUT2D eigenvalue weighted by Crippen LogP contribution is -2.28. The Balaban J connectivity index is 1.79. The van der Waals surface area contributed by atoms with Crippen LogP contribution in [0.15, 0.2) is 24.3 Å². The van der Waals surface area contributed by atoms with Crippen molar-refractivity contribution in [2.24, 2.45) is 5.92 Å². The van der Waals surface area contributed by atoms with Gasteiger partial charge in [0, 0.05) is 0 Å². The van der Waals surface area contributed by atoms with Gasteiger partial charge in [-0.25, -0.2) is 4.39 Å². The third-order valence-corrected chi connectivity index (χ3v) is 3.40. The summed E-state index contributed by atoms with van der Waals surface area (Å²) in [4.78, 5) is 0. The molecule has 1 saturated carbocycles. The van der Waals surface area contributed by atoms with Gasteiger partial charge in [-0.1, -0.05) is 0 Å². The summed E-state index contributed by atoms with van der Waals surface area (Å²) in [5.41, 5.74) is 0. The summed E-state index contributed by atoms with van der Waals surface area (Å²) in [6.45, 7) is 1.10. The normalized spacial score (nSPS) is 24.6. The minimum absolute atomic E-state index is 0.213. The molecule has 17 heavy (non-hydrogen) atoms. The third kappa shape index (κ3) is 3.70. The molecule has 0 bridgehead atoms. The van der Waals surface area contributed by atoms with Crippen LogP contribution >= 0.6 is 0 Å². The molecule has 0 spiro atoms. The highest BCUT2D eigenvalue weighted by Gasteiger charge is 2.21. The maximum Gasteiger partial charge on any atom is 0.123 e. The third-order valence-electron chi connectivity index (χ3n) is 3.40. The fraction of sp³-hybridized carbons (Fsp3) is 0.571. The summed E-state index contributed by atoms with van der Waals surface area (Å²) in [5, 5.41) is 3.23. The van der Waals surface area contributed by atoms with Crippen molar-refractivity contribution in [1.29, 1.82) is 0 Å². The molecule has 0 aromatic heterocycles. The van der Waals surface area contributed by atoms with Crippen molar-refractivity contribution in [3.8, 4) is 5.75 Å². The molecule has 0 atom stereocenters. The van der Waals surface area contributed by atoms with Crippen LogP contribution in [0.4, 0.5) is 4.39 Å². The Kier molecular flexibility index (Phi) is 4.37. The second kappa shape index (κ2) is 6.01. The van der Waals surface area contributed by atoms with Crippen molar-refractivity contribution < 1.29 is 9.13 Å². The summed E-state index contributed by atoms with van der Waals surface area (Å²) in [6, 6.07) is 6.30. The van der Waals surface area contributed by atoms with Gasteiger partial charge in [-0.2, -0.15) is 0 Å². The van der Waals surface area contributed by atoms with Crippen molar-refractivity contribution in [2.45, 2.75) is 31.8 Å². The maximum atomic E-state index is 12.7. The molecule has 0 heterocycles. The fourth-order valence-corrected chi connectivity index (χ4v) is 2.45. The largest absolute Gasteiger partial charge is 0.490 e. The first kappa shape index (κ1) is 12.4. The Hall–Kier alpha value is -1.09. The second-order valence-electron chi connectivity index (χ2n) is 4.77. The standard InChI is InChI=1S/C14H20FNO/c1-16-10-11-2-6-13(7-3-11)17-14-8-4-12(15)5-9-14/h4-5,8-9,11,13,16H,2-3,6-7,10H2,1H3. The van der Waals surface area contributed by atoms with Gasteiger partial charge >= 0.3 is 0 Å². The van der Waals surface area contributed by atoms with E-state index in [1.807, 2.05) is 7.05 Å². The molecule has 1 aromatic carbocycles. The molecule has 94 valence electrons. The van der Waals surface area contributed by atoms with Gasteiger partial charge in [0.05, 0.1) is 6.10 Å². The molecule has 0 saturated heterocycles. The van der Waals surface area contributed by atoms with E-state index >= 15 is 0 Å². The SMILES string of the molecule is CNCC1CCC(Oc2ccc(F)cc2)CC1. The molecule has 3 heteroatoms. The van der Waals surface area contributed by atoms with Gasteiger partial charge in [0.25, 0.3) is 0 Å². The number of benzene rings is 1. The summed E-state index contributed by atoms with van der Waals surface area (Å²) < 4.78 is 18.6. The van der Waals surface area contributed by atoms with Gasteiger partial charge in [0.1, 0.15) is 11.6 Å². The topological polar surface area (TPSA) is 21.3 Å². The van der Waals surface area contributed by atoms with Crippen LogP contribution < -0.4 is 10.1 Å². The van der Waals surface area contributed by atoms with Crippen LogP contribution in [-0.2, 0) is 0 Å². The zero-order valence-corrected chi connectivity index (χ0v) is 10.3. The summed E-state index contributed by atoms with van der Waals surface area (Å²) in [5.74, 6) is 1.35. The molecule has 0 radical (unpaired) electrons. The molecule has 0 aliphatic heterocycles. The van der Waals surface area contributed by atoms with Crippen LogP contribution in [0.3, 0.4) is 0 Å². The molecular weight excluding hydrogens is 217 g/mol. The first-order valence-electron chi connectivity index (χ1n) is 6.34. The second-order valence-corrected chi connectivity index (χ2v) is 4.77. The number of hydrogen-bond donors (Lipinski definition) is 1. The van der Waals surface area contributed by atoms with Crippen molar-refractivity contribution >= 4 is 0 Å². The lowest BCUT2D eigenvalue weighted by atomic mass is 9.87. The lowest BCUT2D eigenvalue weighted by molar-refractivity contribution is 0.131. The van der Waals surface area contributed by atoms with Gasteiger partial charge in [0.2, 0.25) is 0 Å². The van der Waals surface area contributed by atoms with E-state index in [9.17, 15) is 4.39 Å². The molecule has 0 unspecified atom stereocenters. The van der Waals surface area contributed by atoms with E-state index in [4.69, 9.17) is 4.74 Å². The van der Waals surface area contributed by atoms with Gasteiger partial charge in [0.15, 0.2) is 0 Å². The Morgan fingerprint density at radius 3 is 2.41 bits per heavy atom. The van der Waals surface area contributed by atoms with Crippen LogP contribution in [0, 0.1) is 11.7 Å². The Morgan fingerprint density at radius 2 is 1.82 bits per heavy atom. The van der Waals surface area contributed by atoms with Gasteiger partial charge in [-0.3, -0.25) is 0 Å². The van der Waals surface area contributed by atoms with Gasteiger partial charge in [-0.05, 0) is 69.5 Å². The van der Waals surface area contributed by atoms with Crippen molar-refractivity contribution in [3.63, 3.8) is 0 Å². The van der Waals surface area contributed by atoms with Crippen molar-refractivity contribution in [1.82, 2.24) is 5.32 Å². The molecule has 1 N–H and O–H groups in total. The molecule has 0 amide bonds. The first-order valence-corrected chi connectivity index (χ1v) is 6.34. The van der Waals surface area contributed by atoms with E-state index < -0.39 is 0 Å². The highest BCUT2D eigenvalue weighted by Crippen LogP contribution is 2.27. The minimum Gasteiger partial charge on any atom is -0.490 e. The number of halogens is 1. The predicted octanol–water partition coefficient (Wildman–Crippen LogP) is 2.98. The molecule has 1 aliphatic rings. The number of nitrogens with one attached hydrogen (secondary N) is 1. The number of rotatable bonds is 4. The van der Waals surface area contributed by atoms with E-state index in [0.29, 0.717) is 6.10 Å². The van der Waals surface area contributed by atoms with Gasteiger partial charge < -0.3 is 10.1 Å². The van der Waals surface area contributed by atoms with E-state index in [1.54, 1.807) is 12.1 Å². The molecule has 1 aromatic rings. The molecular formula is C14H20FNO. The first-order chi connectivity index (χ1) is 8.28. The van der Waals surface area contributed by atoms with E-state index in [2.05, 4.69) is 5.32 Å². The highest BCUT2D eigenvalue weighted by atomic mass is 19.1. The molecule has 2 nitrogen and oxygen atoms in total. The van der Waals surface area contributed by atoms with Crippen LogP contribution in [0.25, 0.3) is 0 Å². The Morgan fingerprint density at radius 1 is 1.18 bits per heavy atom. The average Bonchev–Trinajstić information content (AvgIpc) is 2.35. The predicted molar refractivity (Wildman–Crippen MR) is 66.7 cm³/mol. The maximum absolute atomic E-state index is 12.7. The monoisotopic (exact) mass is 237 g/mol. The summed E-state index contributed by atoms with van der Waals surface area (Å²) in [7, 11) is 2.00. The minimum atomic E-state index is -0.213. The van der Waals surface area contributed by atoms with Crippen LogP contribution in [0.5, 0.6) is 5.75 Å². The van der Waals surface area contributed by atoms with Gasteiger partial charge in [-0.15, -0.1) is 0 Å². The van der Waals surface area contributed by atoms with Crippen LogP contribution in [0.1, 0.15) is 25.7 Å². The summed E-state index contributed by atoms with van der Waals surface area (Å²) >= 11 is 0. The number of ether oxygens (including phenoxy) is 1. The Bertz CT molecular complexity index is 331. The van der Waals surface area contributed by atoms with E-state index in [1.165, 1.54) is 25.0 Å². The van der Waals surface area contributed by atoms with Crippen molar-refractivity contribution in [3.05, 3.63) is 30.1 Å². The van der Waals surface area contributed by atoms with Crippen molar-refractivity contribution in [2.75, 3.05) is 13.6 Å². The smallest absolute Gasteiger partial charge is 0.123 e. The average molecular weight is 237 g/mol. The molecule has 2 rings (SSSR count). The zero-order valence-electron chi connectivity index (χ0n) is 10.3. The quantitative estimate of drug-likeness (QED) is 0.869. The zero-order chi connectivity index (χ0) is 12.1. The highest BCUT2D eigenvalue weighted by molar-refractivity contribution is 5.22. The van der Waals surface area contributed by atoms with Crippen LogP contribution in [0.2, 0.25) is 0 Å². The summed E-state index contributed by atoms with van der Waals surface area (Å²) in [6.07, 6.45) is 4.93. The van der Waals surface area contributed by atoms with Crippen LogP contribution in [-0.4, -0.2) is 19.7 Å². The lowest BCUT2D eigenvalue weighted by Gasteiger charge is -2.28. The number of hydrogen-bond acceptors (Lipinski definition) is 2. The Labute approximate surface area is 102 Å². The van der Waals surface area contributed by atoms with E-state index in [0.717, 1.165) is 31.1 Å². The molecule has 1 fully saturated rings. The fourth-order valence-electron chi connectivity index (χ4n) is 2.45.